The van der Waals surface area contributed by atoms with E-state index >= 15 is 0 Å². The fourth-order valence-electron chi connectivity index (χ4n) is 1.67. The first kappa shape index (κ1) is 11.9. The van der Waals surface area contributed by atoms with Gasteiger partial charge < -0.3 is 5.11 Å². The van der Waals surface area contributed by atoms with Gasteiger partial charge in [0, 0.05) is 18.0 Å². The molecule has 0 radical (unpaired) electrons. The molecule has 3 heterocycles. The second-order valence-corrected chi connectivity index (χ2v) is 4.65. The number of aliphatic hydroxyl groups is 1. The van der Waals surface area contributed by atoms with Gasteiger partial charge in [0.05, 0.1) is 12.3 Å². The van der Waals surface area contributed by atoms with Crippen LogP contribution in [0.1, 0.15) is 5.01 Å². The Hall–Kier alpha value is -2.18. The van der Waals surface area contributed by atoms with Crippen molar-refractivity contribution in [3.05, 3.63) is 47.7 Å². The molecule has 0 bridgehead atoms. The van der Waals surface area contributed by atoms with Crippen molar-refractivity contribution in [3.63, 3.8) is 0 Å². The monoisotopic (exact) mass is 270 g/mol. The Morgan fingerprint density at radius 3 is 2.53 bits per heavy atom. The van der Waals surface area contributed by atoms with Crippen LogP contribution in [0.4, 0.5) is 0 Å². The van der Waals surface area contributed by atoms with E-state index in [1.807, 2.05) is 30.3 Å². The average Bonchev–Trinajstić information content (AvgIpc) is 2.97. The summed E-state index contributed by atoms with van der Waals surface area (Å²) in [6.07, 6.45) is 3.46. The minimum atomic E-state index is -0.0955. The van der Waals surface area contributed by atoms with Crippen LogP contribution in [0, 0.1) is 0 Å². The zero-order valence-electron chi connectivity index (χ0n) is 9.89. The third kappa shape index (κ3) is 2.49. The summed E-state index contributed by atoms with van der Waals surface area (Å²) >= 11 is 1.18. The Bertz CT molecular complexity index is 684. The average molecular weight is 270 g/mol. The van der Waals surface area contributed by atoms with Gasteiger partial charge in [0.1, 0.15) is 10.7 Å². The lowest BCUT2D eigenvalue weighted by Gasteiger charge is -2.01. The Labute approximate surface area is 113 Å². The highest BCUT2D eigenvalue weighted by atomic mass is 32.1. The highest BCUT2D eigenvalue weighted by Crippen LogP contribution is 2.21. The van der Waals surface area contributed by atoms with Crippen LogP contribution in [0.2, 0.25) is 0 Å². The van der Waals surface area contributed by atoms with E-state index < -0.39 is 0 Å². The van der Waals surface area contributed by atoms with E-state index in [0.29, 0.717) is 16.5 Å². The van der Waals surface area contributed by atoms with Crippen molar-refractivity contribution in [2.24, 2.45) is 0 Å². The summed E-state index contributed by atoms with van der Waals surface area (Å²) in [5, 5.41) is 9.60. The van der Waals surface area contributed by atoms with Crippen molar-refractivity contribution < 1.29 is 5.11 Å². The van der Waals surface area contributed by atoms with Crippen molar-refractivity contribution >= 4 is 11.5 Å². The number of pyridine rings is 2. The zero-order valence-corrected chi connectivity index (χ0v) is 10.7. The lowest BCUT2D eigenvalue weighted by molar-refractivity contribution is 0.281. The minimum absolute atomic E-state index is 0.0955. The predicted octanol–water partition coefficient (Wildman–Crippen LogP) is 2.15. The highest BCUT2D eigenvalue weighted by molar-refractivity contribution is 7.05. The third-order valence-electron chi connectivity index (χ3n) is 2.56. The van der Waals surface area contributed by atoms with Crippen LogP contribution in [0.15, 0.2) is 42.7 Å². The van der Waals surface area contributed by atoms with Crippen LogP contribution in [-0.2, 0) is 6.61 Å². The molecular weight excluding hydrogens is 260 g/mol. The molecule has 0 atom stereocenters. The molecule has 0 aliphatic rings. The molecule has 3 aromatic rings. The fourth-order valence-corrected chi connectivity index (χ4v) is 2.18. The molecule has 0 saturated carbocycles. The van der Waals surface area contributed by atoms with Crippen molar-refractivity contribution in [1.29, 1.82) is 0 Å². The second-order valence-electron chi connectivity index (χ2n) is 3.81. The topological polar surface area (TPSA) is 71.8 Å². The van der Waals surface area contributed by atoms with Gasteiger partial charge in [-0.25, -0.2) is 9.97 Å². The maximum atomic E-state index is 9.01. The SMILES string of the molecule is OCc1nc(-c2cccc(-c3ccncc3)n2)ns1. The Morgan fingerprint density at radius 1 is 1.00 bits per heavy atom. The van der Waals surface area contributed by atoms with Crippen molar-refractivity contribution in [3.8, 4) is 22.8 Å². The third-order valence-corrected chi connectivity index (χ3v) is 3.25. The van der Waals surface area contributed by atoms with Crippen molar-refractivity contribution in [1.82, 2.24) is 19.3 Å². The first-order valence-corrected chi connectivity index (χ1v) is 6.45. The normalized spacial score (nSPS) is 10.6. The summed E-state index contributed by atoms with van der Waals surface area (Å²) in [5.74, 6) is 0.546. The van der Waals surface area contributed by atoms with Gasteiger partial charge in [-0.2, -0.15) is 4.37 Å². The number of nitrogens with zero attached hydrogens (tertiary/aromatic N) is 4. The predicted molar refractivity (Wildman–Crippen MR) is 72.3 cm³/mol. The number of aromatic nitrogens is 4. The molecule has 0 aliphatic carbocycles. The van der Waals surface area contributed by atoms with Crippen LogP contribution < -0.4 is 0 Å². The molecule has 94 valence electrons. The van der Waals surface area contributed by atoms with E-state index in [4.69, 9.17) is 5.11 Å². The van der Waals surface area contributed by atoms with Crippen LogP contribution in [0.5, 0.6) is 0 Å². The van der Waals surface area contributed by atoms with E-state index in [2.05, 4.69) is 19.3 Å². The van der Waals surface area contributed by atoms with Crippen LogP contribution in [0.25, 0.3) is 22.8 Å². The summed E-state index contributed by atoms with van der Waals surface area (Å²) in [5.41, 5.74) is 2.54. The van der Waals surface area contributed by atoms with Gasteiger partial charge in [-0.15, -0.1) is 0 Å². The van der Waals surface area contributed by atoms with Gasteiger partial charge in [-0.1, -0.05) is 6.07 Å². The zero-order chi connectivity index (χ0) is 13.1. The fraction of sp³-hybridized carbons (Fsp3) is 0.0769. The summed E-state index contributed by atoms with van der Waals surface area (Å²) in [4.78, 5) is 12.7. The Kier molecular flexibility index (Phi) is 3.26. The first-order valence-electron chi connectivity index (χ1n) is 5.68. The van der Waals surface area contributed by atoms with Gasteiger partial charge in [0.2, 0.25) is 0 Å². The molecular formula is C13H10N4OS. The molecule has 5 nitrogen and oxygen atoms in total. The van der Waals surface area contributed by atoms with E-state index in [0.717, 1.165) is 11.3 Å². The summed E-state index contributed by atoms with van der Waals surface area (Å²) in [6.45, 7) is -0.0955. The highest BCUT2D eigenvalue weighted by Gasteiger charge is 2.08. The van der Waals surface area contributed by atoms with Crippen molar-refractivity contribution in [2.45, 2.75) is 6.61 Å². The molecule has 0 aromatic carbocycles. The minimum Gasteiger partial charge on any atom is -0.389 e. The van der Waals surface area contributed by atoms with Gasteiger partial charge in [0.25, 0.3) is 0 Å². The van der Waals surface area contributed by atoms with E-state index in [1.165, 1.54) is 11.5 Å². The van der Waals surface area contributed by atoms with Gasteiger partial charge in [-0.05, 0) is 35.8 Å². The van der Waals surface area contributed by atoms with Crippen molar-refractivity contribution in [2.75, 3.05) is 0 Å². The molecule has 0 fully saturated rings. The molecule has 0 spiro atoms. The summed E-state index contributed by atoms with van der Waals surface area (Å²) in [6, 6.07) is 9.50. The molecule has 0 saturated heterocycles. The summed E-state index contributed by atoms with van der Waals surface area (Å²) in [7, 11) is 0. The molecule has 3 aromatic heterocycles. The van der Waals surface area contributed by atoms with Crippen LogP contribution >= 0.6 is 11.5 Å². The molecule has 0 unspecified atom stereocenters. The summed E-state index contributed by atoms with van der Waals surface area (Å²) < 4.78 is 4.19. The van der Waals surface area contributed by atoms with Gasteiger partial charge in [-0.3, -0.25) is 4.98 Å². The molecule has 0 aliphatic heterocycles. The standard InChI is InChI=1S/C13H10N4OS/c18-8-12-16-13(17-19-12)11-3-1-2-10(15-11)9-4-6-14-7-5-9/h1-7,18H,8H2. The van der Waals surface area contributed by atoms with E-state index in [9.17, 15) is 0 Å². The lowest BCUT2D eigenvalue weighted by Crippen LogP contribution is -1.90. The quantitative estimate of drug-likeness (QED) is 0.789. The lowest BCUT2D eigenvalue weighted by atomic mass is 10.1. The largest absolute Gasteiger partial charge is 0.389 e. The number of aliphatic hydroxyl groups excluding tert-OH is 1. The number of rotatable bonds is 3. The molecule has 6 heteroatoms. The number of hydrogen-bond acceptors (Lipinski definition) is 6. The molecule has 3 rings (SSSR count). The Morgan fingerprint density at radius 2 is 1.79 bits per heavy atom. The second kappa shape index (κ2) is 5.21. The Balaban J connectivity index is 2.00. The van der Waals surface area contributed by atoms with Crippen LogP contribution in [0.3, 0.4) is 0 Å². The maximum Gasteiger partial charge on any atom is 0.191 e. The molecule has 0 amide bonds. The molecule has 1 N–H and O–H groups in total. The van der Waals surface area contributed by atoms with Gasteiger partial charge in [0.15, 0.2) is 5.82 Å². The maximum absolute atomic E-state index is 9.01. The van der Waals surface area contributed by atoms with Gasteiger partial charge >= 0.3 is 0 Å². The smallest absolute Gasteiger partial charge is 0.191 e. The molecule has 19 heavy (non-hydrogen) atoms. The first-order chi connectivity index (χ1) is 9.36. The van der Waals surface area contributed by atoms with E-state index in [-0.39, 0.29) is 6.61 Å². The van der Waals surface area contributed by atoms with Crippen LogP contribution in [-0.4, -0.2) is 24.4 Å². The number of hydrogen-bond donors (Lipinski definition) is 1. The van der Waals surface area contributed by atoms with E-state index in [1.54, 1.807) is 12.4 Å².